The van der Waals surface area contributed by atoms with Crippen LogP contribution in [0.3, 0.4) is 0 Å². The summed E-state index contributed by atoms with van der Waals surface area (Å²) in [5.41, 5.74) is 0. The Morgan fingerprint density at radius 2 is 1.88 bits per heavy atom. The summed E-state index contributed by atoms with van der Waals surface area (Å²) < 4.78 is 0. The van der Waals surface area contributed by atoms with Gasteiger partial charge in [0.15, 0.2) is 0 Å². The van der Waals surface area contributed by atoms with Crippen molar-refractivity contribution >= 4 is 23.4 Å². The molecular formula is C20H32O3S. The van der Waals surface area contributed by atoms with Crippen LogP contribution in [0, 0.1) is 0 Å². The molecule has 2 N–H and O–H groups in total. The van der Waals surface area contributed by atoms with Crippen molar-refractivity contribution in [2.75, 3.05) is 0 Å². The van der Waals surface area contributed by atoms with Crippen LogP contribution in [0.4, 0.5) is 0 Å². The number of aliphatic carboxylic acids is 1. The number of carboxylic acids is 1. The van der Waals surface area contributed by atoms with Gasteiger partial charge in [0.25, 0.3) is 0 Å². The second-order valence-electron chi connectivity index (χ2n) is 6.39. The summed E-state index contributed by atoms with van der Waals surface area (Å²) >= 11 is 1.80. The normalized spacial score (nSPS) is 12.8. The molecule has 0 radical (unpaired) electrons. The number of rotatable bonds is 14. The number of thiophene rings is 1. The highest BCUT2D eigenvalue weighted by molar-refractivity contribution is 7.12. The minimum atomic E-state index is -0.690. The molecule has 136 valence electrons. The molecule has 0 amide bonds. The first kappa shape index (κ1) is 20.9. The second kappa shape index (κ2) is 13.2. The highest BCUT2D eigenvalue weighted by atomic mass is 32.1. The average molecular weight is 353 g/mol. The highest BCUT2D eigenvalue weighted by Gasteiger charge is 2.01. The van der Waals surface area contributed by atoms with Crippen molar-refractivity contribution in [2.24, 2.45) is 0 Å². The highest BCUT2D eigenvalue weighted by Crippen LogP contribution is 2.21. The molecule has 0 aliphatic carbocycles. The van der Waals surface area contributed by atoms with Gasteiger partial charge in [-0.25, -0.2) is 0 Å². The van der Waals surface area contributed by atoms with Gasteiger partial charge in [0.2, 0.25) is 0 Å². The first-order valence-corrected chi connectivity index (χ1v) is 10.1. The molecular weight excluding hydrogens is 320 g/mol. The summed E-state index contributed by atoms with van der Waals surface area (Å²) in [7, 11) is 0. The van der Waals surface area contributed by atoms with Crippen molar-refractivity contribution in [2.45, 2.75) is 83.7 Å². The molecule has 0 bridgehead atoms. The maximum atomic E-state index is 10.4. The van der Waals surface area contributed by atoms with Gasteiger partial charge in [-0.1, -0.05) is 51.5 Å². The molecule has 1 aromatic heterocycles. The van der Waals surface area contributed by atoms with Gasteiger partial charge in [0, 0.05) is 16.2 Å². The smallest absolute Gasteiger partial charge is 0.303 e. The minimum Gasteiger partial charge on any atom is -0.481 e. The zero-order chi connectivity index (χ0) is 17.6. The Hall–Kier alpha value is -1.13. The lowest BCUT2D eigenvalue weighted by Crippen LogP contribution is -2.00. The lowest BCUT2D eigenvalue weighted by atomic mass is 10.1. The van der Waals surface area contributed by atoms with E-state index in [-0.39, 0.29) is 6.10 Å². The van der Waals surface area contributed by atoms with Gasteiger partial charge in [0.05, 0.1) is 6.10 Å². The molecule has 0 aromatic carbocycles. The topological polar surface area (TPSA) is 57.5 Å². The van der Waals surface area contributed by atoms with Crippen molar-refractivity contribution in [3.8, 4) is 0 Å². The molecule has 0 saturated heterocycles. The van der Waals surface area contributed by atoms with Crippen LogP contribution in [0.5, 0.6) is 0 Å². The number of hydrogen-bond donors (Lipinski definition) is 2. The monoisotopic (exact) mass is 352 g/mol. The summed E-state index contributed by atoms with van der Waals surface area (Å²) in [5, 5.41) is 18.5. The van der Waals surface area contributed by atoms with Crippen LogP contribution in [0.25, 0.3) is 6.08 Å². The summed E-state index contributed by atoms with van der Waals surface area (Å²) in [6, 6.07) is 4.31. The molecule has 1 atom stereocenters. The van der Waals surface area contributed by atoms with Crippen molar-refractivity contribution in [1.29, 1.82) is 0 Å². The van der Waals surface area contributed by atoms with Crippen molar-refractivity contribution in [1.82, 2.24) is 0 Å². The van der Waals surface area contributed by atoms with Gasteiger partial charge < -0.3 is 10.2 Å². The first-order valence-electron chi connectivity index (χ1n) is 9.28. The predicted molar refractivity (Wildman–Crippen MR) is 103 cm³/mol. The average Bonchev–Trinajstić information content (AvgIpc) is 3.00. The lowest BCUT2D eigenvalue weighted by molar-refractivity contribution is -0.137. The Labute approximate surface area is 150 Å². The molecule has 1 unspecified atom stereocenters. The SMILES string of the molecule is CCCCCC(O)C=Cc1ccc(CCCCCCCC(=O)O)s1. The molecule has 0 spiro atoms. The van der Waals surface area contributed by atoms with Crippen molar-refractivity contribution in [3.05, 3.63) is 28.0 Å². The third kappa shape index (κ3) is 10.6. The number of aliphatic hydroxyl groups is 1. The summed E-state index contributed by atoms with van der Waals surface area (Å²) in [6.07, 6.45) is 14.6. The summed E-state index contributed by atoms with van der Waals surface area (Å²) in [4.78, 5) is 13.0. The number of aliphatic hydroxyl groups excluding tert-OH is 1. The molecule has 0 saturated carbocycles. The van der Waals surface area contributed by atoms with E-state index in [4.69, 9.17) is 5.11 Å². The van der Waals surface area contributed by atoms with Crippen LogP contribution in [-0.2, 0) is 11.2 Å². The zero-order valence-corrected chi connectivity index (χ0v) is 15.7. The van der Waals surface area contributed by atoms with E-state index in [1.165, 1.54) is 29.0 Å². The van der Waals surface area contributed by atoms with Gasteiger partial charge in [-0.3, -0.25) is 4.79 Å². The van der Waals surface area contributed by atoms with E-state index in [0.717, 1.165) is 44.9 Å². The maximum Gasteiger partial charge on any atom is 0.303 e. The molecule has 0 fully saturated rings. The van der Waals surface area contributed by atoms with E-state index in [1.54, 1.807) is 11.3 Å². The van der Waals surface area contributed by atoms with Crippen LogP contribution < -0.4 is 0 Å². The standard InChI is InChI=1S/C20H32O3S/c1-2-3-7-10-17(21)13-14-19-16-15-18(24-19)11-8-5-4-6-9-12-20(22)23/h13-17,21H,2-12H2,1H3,(H,22,23). The second-order valence-corrected chi connectivity index (χ2v) is 7.59. The Morgan fingerprint density at radius 1 is 1.12 bits per heavy atom. The number of carbonyl (C=O) groups is 1. The number of aryl methyl sites for hydroxylation is 1. The molecule has 4 heteroatoms. The fourth-order valence-electron chi connectivity index (χ4n) is 2.63. The van der Waals surface area contributed by atoms with E-state index in [1.807, 2.05) is 12.2 Å². The third-order valence-electron chi connectivity index (χ3n) is 4.08. The quantitative estimate of drug-likeness (QED) is 0.424. The molecule has 3 nitrogen and oxygen atoms in total. The fraction of sp³-hybridized carbons (Fsp3) is 0.650. The van der Waals surface area contributed by atoms with Gasteiger partial charge >= 0.3 is 5.97 Å². The van der Waals surface area contributed by atoms with E-state index in [9.17, 15) is 9.90 Å². The van der Waals surface area contributed by atoms with E-state index < -0.39 is 5.97 Å². The lowest BCUT2D eigenvalue weighted by Gasteiger charge is -2.03. The van der Waals surface area contributed by atoms with Crippen LogP contribution in [0.15, 0.2) is 18.2 Å². The molecule has 24 heavy (non-hydrogen) atoms. The summed E-state index contributed by atoms with van der Waals surface area (Å²) in [6.45, 7) is 2.17. The summed E-state index contributed by atoms with van der Waals surface area (Å²) in [5.74, 6) is -0.690. The van der Waals surface area contributed by atoms with Gasteiger partial charge in [-0.2, -0.15) is 0 Å². The molecule has 1 heterocycles. The van der Waals surface area contributed by atoms with Gasteiger partial charge in [-0.05, 0) is 43.9 Å². The number of carboxylic acid groups (broad SMARTS) is 1. The maximum absolute atomic E-state index is 10.4. The van der Waals surface area contributed by atoms with Crippen LogP contribution >= 0.6 is 11.3 Å². The van der Waals surface area contributed by atoms with Gasteiger partial charge in [0.1, 0.15) is 0 Å². The Morgan fingerprint density at radius 3 is 2.62 bits per heavy atom. The molecule has 1 rings (SSSR count). The molecule has 0 aliphatic heterocycles. The Bertz CT molecular complexity index is 479. The molecule has 1 aromatic rings. The fourth-order valence-corrected chi connectivity index (χ4v) is 3.60. The Balaban J connectivity index is 2.15. The van der Waals surface area contributed by atoms with Crippen LogP contribution in [0.2, 0.25) is 0 Å². The van der Waals surface area contributed by atoms with Crippen molar-refractivity contribution < 1.29 is 15.0 Å². The zero-order valence-electron chi connectivity index (χ0n) is 14.9. The van der Waals surface area contributed by atoms with Crippen molar-refractivity contribution in [3.63, 3.8) is 0 Å². The van der Waals surface area contributed by atoms with Crippen LogP contribution in [-0.4, -0.2) is 22.3 Å². The van der Waals surface area contributed by atoms with E-state index in [2.05, 4.69) is 19.1 Å². The molecule has 0 aliphatic rings. The predicted octanol–water partition coefficient (Wildman–Crippen LogP) is 5.67. The third-order valence-corrected chi connectivity index (χ3v) is 5.19. The Kier molecular flexibility index (Phi) is 11.5. The number of unbranched alkanes of at least 4 members (excludes halogenated alkanes) is 6. The first-order chi connectivity index (χ1) is 11.6. The van der Waals surface area contributed by atoms with E-state index >= 15 is 0 Å². The minimum absolute atomic E-state index is 0.297. The van der Waals surface area contributed by atoms with E-state index in [0.29, 0.717) is 6.42 Å². The van der Waals surface area contributed by atoms with Crippen LogP contribution in [0.1, 0.15) is 80.9 Å². The van der Waals surface area contributed by atoms with Gasteiger partial charge in [-0.15, -0.1) is 11.3 Å². The number of hydrogen-bond acceptors (Lipinski definition) is 3. The largest absolute Gasteiger partial charge is 0.481 e.